The van der Waals surface area contributed by atoms with Crippen LogP contribution in [0.3, 0.4) is 0 Å². The first-order valence-corrected chi connectivity index (χ1v) is 5.35. The van der Waals surface area contributed by atoms with E-state index in [2.05, 4.69) is 0 Å². The first kappa shape index (κ1) is 14.0. The average Bonchev–Trinajstić information content (AvgIpc) is 2.11. The van der Waals surface area contributed by atoms with Gasteiger partial charge < -0.3 is 4.74 Å². The number of nitrogens with zero attached hydrogens (tertiary/aromatic N) is 1. The molecular formula is C9H17Cl2NO2. The van der Waals surface area contributed by atoms with Crippen molar-refractivity contribution >= 4 is 29.5 Å². The van der Waals surface area contributed by atoms with Gasteiger partial charge in [0.25, 0.3) is 0 Å². The molecule has 0 radical (unpaired) electrons. The van der Waals surface area contributed by atoms with Crippen molar-refractivity contribution in [2.24, 2.45) is 0 Å². The topological polar surface area (TPSA) is 29.5 Å². The van der Waals surface area contributed by atoms with Crippen LogP contribution in [0.25, 0.3) is 0 Å². The van der Waals surface area contributed by atoms with E-state index in [1.165, 1.54) is 0 Å². The molecule has 0 heterocycles. The van der Waals surface area contributed by atoms with E-state index in [1.807, 2.05) is 6.92 Å². The van der Waals surface area contributed by atoms with Crippen LogP contribution in [0.5, 0.6) is 0 Å². The van der Waals surface area contributed by atoms with Gasteiger partial charge in [0.1, 0.15) is 6.61 Å². The summed E-state index contributed by atoms with van der Waals surface area (Å²) in [6, 6.07) is 0. The zero-order valence-corrected chi connectivity index (χ0v) is 10.4. The maximum Gasteiger partial charge on any atom is 0.305 e. The van der Waals surface area contributed by atoms with Gasteiger partial charge in [-0.05, 0) is 43.8 Å². The number of carbonyl (C=O) groups excluding carboxylic acids is 1. The van der Waals surface area contributed by atoms with Crippen molar-refractivity contribution in [3.8, 4) is 0 Å². The Bertz CT molecular complexity index is 184. The largest absolute Gasteiger partial charge is 0.464 e. The van der Waals surface area contributed by atoms with Gasteiger partial charge in [-0.1, -0.05) is 13.3 Å². The third kappa shape index (κ3) is 5.68. The molecule has 0 aliphatic heterocycles. The normalized spacial score (nSPS) is 11.9. The molecule has 0 aromatic rings. The Balaban J connectivity index is 3.76. The molecule has 0 rings (SSSR count). The number of hydrogen-bond donors (Lipinski definition) is 0. The highest BCUT2D eigenvalue weighted by Crippen LogP contribution is 2.20. The van der Waals surface area contributed by atoms with Crippen LogP contribution < -0.4 is 0 Å². The third-order valence-corrected chi connectivity index (χ3v) is 2.69. The smallest absolute Gasteiger partial charge is 0.305 e. The molecule has 0 aliphatic rings. The van der Waals surface area contributed by atoms with Gasteiger partial charge in [-0.2, -0.15) is 0 Å². The Morgan fingerprint density at radius 2 is 2.00 bits per heavy atom. The highest BCUT2D eigenvalue weighted by atomic mass is 35.5. The second kappa shape index (κ2) is 6.49. The van der Waals surface area contributed by atoms with E-state index in [1.54, 1.807) is 13.8 Å². The average molecular weight is 242 g/mol. The molecule has 0 aliphatic carbocycles. The second-order valence-electron chi connectivity index (χ2n) is 3.81. The fraction of sp³-hybridized carbons (Fsp3) is 0.889. The molecule has 3 nitrogen and oxygen atoms in total. The number of esters is 1. The third-order valence-electron chi connectivity index (χ3n) is 1.78. The molecule has 0 aromatic heterocycles. The van der Waals surface area contributed by atoms with E-state index in [0.29, 0.717) is 6.42 Å². The maximum absolute atomic E-state index is 11.1. The van der Waals surface area contributed by atoms with Crippen molar-refractivity contribution in [3.63, 3.8) is 0 Å². The molecule has 0 fully saturated rings. The summed E-state index contributed by atoms with van der Waals surface area (Å²) in [4.78, 5) is 11.1. The van der Waals surface area contributed by atoms with Crippen molar-refractivity contribution in [1.29, 1.82) is 0 Å². The first-order valence-electron chi connectivity index (χ1n) is 4.67. The van der Waals surface area contributed by atoms with Crippen LogP contribution in [-0.4, -0.2) is 22.1 Å². The molecule has 0 unspecified atom stereocenters. The van der Waals surface area contributed by atoms with Crippen molar-refractivity contribution in [2.45, 2.75) is 45.6 Å². The Morgan fingerprint density at radius 3 is 2.43 bits per heavy atom. The summed E-state index contributed by atoms with van der Waals surface area (Å²) in [7, 11) is 0. The van der Waals surface area contributed by atoms with E-state index < -0.39 is 5.54 Å². The number of carbonyl (C=O) groups is 1. The molecule has 0 spiro atoms. The molecule has 0 amide bonds. The molecule has 0 saturated carbocycles. The van der Waals surface area contributed by atoms with E-state index in [0.717, 1.165) is 16.8 Å². The summed E-state index contributed by atoms with van der Waals surface area (Å²) in [6.45, 7) is 5.80. The van der Waals surface area contributed by atoms with Crippen LogP contribution in [0.2, 0.25) is 0 Å². The maximum atomic E-state index is 11.1. The van der Waals surface area contributed by atoms with Crippen LogP contribution in [0.1, 0.15) is 40.0 Å². The van der Waals surface area contributed by atoms with Crippen molar-refractivity contribution in [2.75, 3.05) is 6.61 Å². The SMILES string of the molecule is CCCCC(=O)OCC(C)(C)N(Cl)Cl. The van der Waals surface area contributed by atoms with Crippen LogP contribution in [0.4, 0.5) is 0 Å². The molecule has 5 heteroatoms. The van der Waals surface area contributed by atoms with E-state index in [-0.39, 0.29) is 12.6 Å². The number of ether oxygens (including phenoxy) is 1. The summed E-state index contributed by atoms with van der Waals surface area (Å²) >= 11 is 11.1. The molecule has 0 atom stereocenters. The van der Waals surface area contributed by atoms with Crippen molar-refractivity contribution in [1.82, 2.24) is 3.94 Å². The number of unbranched alkanes of at least 4 members (excludes halogenated alkanes) is 1. The zero-order valence-electron chi connectivity index (χ0n) is 8.85. The molecule has 0 saturated heterocycles. The molecule has 0 bridgehead atoms. The predicted molar refractivity (Wildman–Crippen MR) is 58.1 cm³/mol. The predicted octanol–water partition coefficient (Wildman–Crippen LogP) is 3.11. The molecule has 0 N–H and O–H groups in total. The second-order valence-corrected chi connectivity index (χ2v) is 4.66. The van der Waals surface area contributed by atoms with Crippen LogP contribution in [0, 0.1) is 0 Å². The lowest BCUT2D eigenvalue weighted by Gasteiger charge is -2.26. The Morgan fingerprint density at radius 1 is 1.43 bits per heavy atom. The number of hydrogen-bond acceptors (Lipinski definition) is 3. The fourth-order valence-electron chi connectivity index (χ4n) is 0.699. The first-order chi connectivity index (χ1) is 6.40. The van der Waals surface area contributed by atoms with Crippen LogP contribution in [-0.2, 0) is 9.53 Å². The monoisotopic (exact) mass is 241 g/mol. The van der Waals surface area contributed by atoms with Crippen LogP contribution >= 0.6 is 23.6 Å². The number of rotatable bonds is 6. The highest BCUT2D eigenvalue weighted by molar-refractivity contribution is 6.34. The van der Waals surface area contributed by atoms with Crippen molar-refractivity contribution in [3.05, 3.63) is 0 Å². The van der Waals surface area contributed by atoms with Gasteiger partial charge in [-0.3, -0.25) is 4.79 Å². The van der Waals surface area contributed by atoms with Crippen LogP contribution in [0.15, 0.2) is 0 Å². The van der Waals surface area contributed by atoms with Gasteiger partial charge in [0.15, 0.2) is 0 Å². The minimum Gasteiger partial charge on any atom is -0.464 e. The van der Waals surface area contributed by atoms with Crippen molar-refractivity contribution < 1.29 is 9.53 Å². The fourth-order valence-corrected chi connectivity index (χ4v) is 0.797. The summed E-state index contributed by atoms with van der Waals surface area (Å²) in [6.07, 6.45) is 2.29. The standard InChI is InChI=1S/C9H17Cl2NO2/c1-4-5-6-8(13)14-7-9(2,3)12(10)11/h4-7H2,1-3H3. The molecular weight excluding hydrogens is 225 g/mol. The zero-order chi connectivity index (χ0) is 11.2. The van der Waals surface area contributed by atoms with Gasteiger partial charge in [-0.15, -0.1) is 3.94 Å². The van der Waals surface area contributed by atoms with Gasteiger partial charge in [-0.25, -0.2) is 0 Å². The lowest BCUT2D eigenvalue weighted by Crippen LogP contribution is -2.37. The summed E-state index contributed by atoms with van der Waals surface area (Å²) in [5.41, 5.74) is -0.551. The summed E-state index contributed by atoms with van der Waals surface area (Å²) in [5.74, 6) is -0.199. The van der Waals surface area contributed by atoms with E-state index >= 15 is 0 Å². The molecule has 84 valence electrons. The van der Waals surface area contributed by atoms with Gasteiger partial charge in [0, 0.05) is 6.42 Å². The minimum absolute atomic E-state index is 0.197. The van der Waals surface area contributed by atoms with Gasteiger partial charge >= 0.3 is 5.97 Å². The Labute approximate surface area is 95.5 Å². The van der Waals surface area contributed by atoms with E-state index in [4.69, 9.17) is 28.3 Å². The lowest BCUT2D eigenvalue weighted by atomic mass is 10.1. The molecule has 14 heavy (non-hydrogen) atoms. The number of halogens is 2. The van der Waals surface area contributed by atoms with E-state index in [9.17, 15) is 4.79 Å². The Kier molecular flexibility index (Phi) is 6.49. The van der Waals surface area contributed by atoms with Gasteiger partial charge in [0.05, 0.1) is 5.54 Å². The summed E-state index contributed by atoms with van der Waals surface area (Å²) in [5, 5.41) is 0. The highest BCUT2D eigenvalue weighted by Gasteiger charge is 2.26. The quantitative estimate of drug-likeness (QED) is 0.529. The van der Waals surface area contributed by atoms with Gasteiger partial charge in [0.2, 0.25) is 0 Å². The summed E-state index contributed by atoms with van der Waals surface area (Å²) < 4.78 is 6.02. The minimum atomic E-state index is -0.551. The Hall–Kier alpha value is 0.01000. The lowest BCUT2D eigenvalue weighted by molar-refractivity contribution is -0.146. The molecule has 0 aromatic carbocycles.